The lowest BCUT2D eigenvalue weighted by Gasteiger charge is -2.15. The first kappa shape index (κ1) is 25.9. The van der Waals surface area contributed by atoms with Gasteiger partial charge in [0.1, 0.15) is 18.1 Å². The number of anilines is 1. The van der Waals surface area contributed by atoms with Gasteiger partial charge in [-0.25, -0.2) is 4.39 Å². The number of hydrazone groups is 1. The van der Waals surface area contributed by atoms with Crippen molar-refractivity contribution in [1.82, 2.24) is 0 Å². The van der Waals surface area contributed by atoms with Crippen molar-refractivity contribution in [1.29, 1.82) is 0 Å². The molecule has 3 aromatic carbocycles. The van der Waals surface area contributed by atoms with Gasteiger partial charge in [-0.3, -0.25) is 15.5 Å². The molecule has 0 aliphatic heterocycles. The first-order valence-corrected chi connectivity index (χ1v) is 10.9. The molecule has 0 bridgehead atoms. The van der Waals surface area contributed by atoms with Crippen LogP contribution in [0.1, 0.15) is 23.6 Å². The fourth-order valence-electron chi connectivity index (χ4n) is 2.96. The van der Waals surface area contributed by atoms with Gasteiger partial charge < -0.3 is 9.47 Å². The molecule has 0 saturated carbocycles. The van der Waals surface area contributed by atoms with E-state index < -0.39 is 28.2 Å². The minimum Gasteiger partial charge on any atom is -0.490 e. The van der Waals surface area contributed by atoms with E-state index in [0.29, 0.717) is 39.8 Å². The Kier molecular flexibility index (Phi) is 8.28. The maximum Gasteiger partial charge on any atom is 0.416 e. The third-order valence-electron chi connectivity index (χ3n) is 4.58. The SMILES string of the molecule is CCOc1cc(/C=N\Nc2ccc(C(F)(F)F)cc2[N+](=O)[O-])cc(Br)c1OCc1ccccc1F. The van der Waals surface area contributed by atoms with E-state index in [-0.39, 0.29) is 12.3 Å². The second kappa shape index (κ2) is 11.2. The van der Waals surface area contributed by atoms with Gasteiger partial charge in [-0.2, -0.15) is 18.3 Å². The van der Waals surface area contributed by atoms with Crippen LogP contribution >= 0.6 is 15.9 Å². The monoisotopic (exact) mass is 555 g/mol. The Bertz CT molecular complexity index is 1250. The minimum atomic E-state index is -4.72. The van der Waals surface area contributed by atoms with Gasteiger partial charge >= 0.3 is 6.18 Å². The van der Waals surface area contributed by atoms with E-state index in [1.807, 2.05) is 0 Å². The van der Waals surface area contributed by atoms with Crippen LogP contribution in [-0.2, 0) is 12.8 Å². The molecule has 12 heteroatoms. The predicted molar refractivity (Wildman–Crippen MR) is 125 cm³/mol. The zero-order valence-corrected chi connectivity index (χ0v) is 19.7. The number of benzene rings is 3. The summed E-state index contributed by atoms with van der Waals surface area (Å²) in [5, 5.41) is 15.1. The Hall–Kier alpha value is -3.67. The summed E-state index contributed by atoms with van der Waals surface area (Å²) in [5.74, 6) is 0.257. The maximum atomic E-state index is 13.9. The Morgan fingerprint density at radius 3 is 2.54 bits per heavy atom. The summed E-state index contributed by atoms with van der Waals surface area (Å²) in [5.41, 5.74) is 1.10. The fourth-order valence-corrected chi connectivity index (χ4v) is 3.53. The van der Waals surface area contributed by atoms with Gasteiger partial charge in [0.2, 0.25) is 0 Å². The first-order chi connectivity index (χ1) is 16.6. The number of rotatable bonds is 9. The van der Waals surface area contributed by atoms with E-state index in [0.717, 1.165) is 12.1 Å². The molecule has 184 valence electrons. The molecule has 0 aliphatic rings. The van der Waals surface area contributed by atoms with Crippen molar-refractivity contribution in [3.8, 4) is 11.5 Å². The number of nitro groups is 1. The number of hydrogen-bond donors (Lipinski definition) is 1. The largest absolute Gasteiger partial charge is 0.490 e. The summed E-state index contributed by atoms with van der Waals surface area (Å²) >= 11 is 3.38. The molecule has 0 fully saturated rings. The van der Waals surface area contributed by atoms with Crippen LogP contribution in [0.3, 0.4) is 0 Å². The quantitative estimate of drug-likeness (QED) is 0.134. The number of hydrogen-bond acceptors (Lipinski definition) is 6. The van der Waals surface area contributed by atoms with Crippen molar-refractivity contribution in [3.05, 3.63) is 91.7 Å². The number of nitro benzene ring substituents is 1. The van der Waals surface area contributed by atoms with E-state index in [2.05, 4.69) is 26.5 Å². The van der Waals surface area contributed by atoms with E-state index in [9.17, 15) is 27.7 Å². The molecule has 0 saturated heterocycles. The van der Waals surface area contributed by atoms with Crippen LogP contribution < -0.4 is 14.9 Å². The van der Waals surface area contributed by atoms with Crippen molar-refractivity contribution >= 4 is 33.5 Å². The van der Waals surface area contributed by atoms with Crippen molar-refractivity contribution in [2.45, 2.75) is 19.7 Å². The standard InChI is InChI=1S/C23H18BrF4N3O4/c1-2-34-21-10-14(9-17(24)22(21)35-13-15-5-3-4-6-18(15)25)12-29-30-19-8-7-16(23(26,27)28)11-20(19)31(32)33/h3-12,30H,2,13H2,1H3/b29-12-. The van der Waals surface area contributed by atoms with E-state index in [1.54, 1.807) is 37.3 Å². The minimum absolute atomic E-state index is 0.0437. The highest BCUT2D eigenvalue weighted by Gasteiger charge is 2.33. The fraction of sp³-hybridized carbons (Fsp3) is 0.174. The third kappa shape index (κ3) is 6.69. The van der Waals surface area contributed by atoms with E-state index >= 15 is 0 Å². The highest BCUT2D eigenvalue weighted by atomic mass is 79.9. The highest BCUT2D eigenvalue weighted by molar-refractivity contribution is 9.10. The Labute approximate surface area is 205 Å². The van der Waals surface area contributed by atoms with Crippen LogP contribution in [0.2, 0.25) is 0 Å². The highest BCUT2D eigenvalue weighted by Crippen LogP contribution is 2.38. The van der Waals surface area contributed by atoms with Gasteiger partial charge in [0.15, 0.2) is 11.5 Å². The molecule has 1 N–H and O–H groups in total. The Morgan fingerprint density at radius 1 is 1.14 bits per heavy atom. The molecule has 0 atom stereocenters. The molecule has 0 aromatic heterocycles. The Balaban J connectivity index is 1.81. The summed E-state index contributed by atoms with van der Waals surface area (Å²) in [6.45, 7) is 2.03. The molecule has 0 radical (unpaired) electrons. The van der Waals surface area contributed by atoms with Crippen LogP contribution in [0.15, 0.2) is 64.2 Å². The molecular formula is C23H18BrF4N3O4. The third-order valence-corrected chi connectivity index (χ3v) is 5.17. The molecule has 0 aliphatic carbocycles. The second-order valence-corrected chi connectivity index (χ2v) is 7.85. The molecule has 0 spiro atoms. The molecule has 35 heavy (non-hydrogen) atoms. The average Bonchev–Trinajstić information content (AvgIpc) is 2.79. The van der Waals surface area contributed by atoms with Crippen molar-refractivity contribution in [2.24, 2.45) is 5.10 Å². The lowest BCUT2D eigenvalue weighted by Crippen LogP contribution is -2.06. The number of alkyl halides is 3. The molecule has 0 unspecified atom stereocenters. The van der Waals surface area contributed by atoms with Crippen molar-refractivity contribution < 1.29 is 32.0 Å². The molecule has 0 amide bonds. The zero-order chi connectivity index (χ0) is 25.6. The molecule has 3 rings (SSSR count). The second-order valence-electron chi connectivity index (χ2n) is 7.00. The number of halogens is 5. The van der Waals surface area contributed by atoms with Crippen LogP contribution in [0, 0.1) is 15.9 Å². The van der Waals surface area contributed by atoms with Gasteiger partial charge in [0.25, 0.3) is 5.69 Å². The summed E-state index contributed by atoms with van der Waals surface area (Å²) in [4.78, 5) is 10.3. The first-order valence-electron chi connectivity index (χ1n) is 10.1. The Morgan fingerprint density at radius 2 is 1.89 bits per heavy atom. The van der Waals surface area contributed by atoms with Gasteiger partial charge in [-0.15, -0.1) is 0 Å². The number of nitrogens with zero attached hydrogens (tertiary/aromatic N) is 2. The van der Waals surface area contributed by atoms with Gasteiger partial charge in [0, 0.05) is 11.6 Å². The lowest BCUT2D eigenvalue weighted by atomic mass is 10.1. The number of nitrogens with one attached hydrogen (secondary N) is 1. The summed E-state index contributed by atoms with van der Waals surface area (Å²) < 4.78 is 64.3. The van der Waals surface area contributed by atoms with Crippen molar-refractivity contribution in [3.63, 3.8) is 0 Å². The topological polar surface area (TPSA) is 86.0 Å². The molecular weight excluding hydrogens is 538 g/mol. The number of ether oxygens (including phenoxy) is 2. The zero-order valence-electron chi connectivity index (χ0n) is 18.1. The van der Waals surface area contributed by atoms with Crippen molar-refractivity contribution in [2.75, 3.05) is 12.0 Å². The molecule has 7 nitrogen and oxygen atoms in total. The van der Waals surface area contributed by atoms with Crippen LogP contribution in [0.4, 0.5) is 28.9 Å². The van der Waals surface area contributed by atoms with Gasteiger partial charge in [-0.1, -0.05) is 18.2 Å². The van der Waals surface area contributed by atoms with E-state index in [1.165, 1.54) is 12.3 Å². The van der Waals surface area contributed by atoms with E-state index in [4.69, 9.17) is 9.47 Å². The average molecular weight is 556 g/mol. The lowest BCUT2D eigenvalue weighted by molar-refractivity contribution is -0.384. The summed E-state index contributed by atoms with van der Waals surface area (Å²) in [7, 11) is 0. The predicted octanol–water partition coefficient (Wildman–Crippen LogP) is 6.94. The molecule has 3 aromatic rings. The normalized spacial score (nSPS) is 11.5. The summed E-state index contributed by atoms with van der Waals surface area (Å²) in [6.07, 6.45) is -3.42. The maximum absolute atomic E-state index is 13.9. The molecule has 0 heterocycles. The summed E-state index contributed by atoms with van der Waals surface area (Å²) in [6, 6.07) is 11.5. The van der Waals surface area contributed by atoms with Crippen LogP contribution in [0.5, 0.6) is 11.5 Å². The van der Waals surface area contributed by atoms with Gasteiger partial charge in [-0.05, 0) is 58.7 Å². The van der Waals surface area contributed by atoms with Crippen LogP contribution in [-0.4, -0.2) is 17.7 Å². The van der Waals surface area contributed by atoms with Crippen LogP contribution in [0.25, 0.3) is 0 Å². The van der Waals surface area contributed by atoms with Gasteiger partial charge in [0.05, 0.1) is 27.8 Å². The smallest absolute Gasteiger partial charge is 0.416 e.